The van der Waals surface area contributed by atoms with Gasteiger partial charge in [-0.15, -0.1) is 0 Å². The van der Waals surface area contributed by atoms with Crippen LogP contribution in [0.1, 0.15) is 68.1 Å². The molecular weight excluding hydrogens is 398 g/mol. The lowest BCUT2D eigenvalue weighted by Gasteiger charge is -2.24. The Bertz CT molecular complexity index is 1060. The van der Waals surface area contributed by atoms with Gasteiger partial charge in [0.1, 0.15) is 5.82 Å². The van der Waals surface area contributed by atoms with Crippen LogP contribution in [0.15, 0.2) is 36.4 Å². The number of benzene rings is 2. The third-order valence-corrected chi connectivity index (χ3v) is 6.61. The molecule has 0 bridgehead atoms. The van der Waals surface area contributed by atoms with Crippen molar-refractivity contribution in [1.82, 2.24) is 9.97 Å². The SMILES string of the molecule is CCN(CC)c1cc2nc(C3CCCCC3)[nH]c2cc1NC(=O)c1ccc(N(C)C)cc1. The largest absolute Gasteiger partial charge is 0.378 e. The van der Waals surface area contributed by atoms with Crippen molar-refractivity contribution in [3.8, 4) is 0 Å². The zero-order valence-electron chi connectivity index (χ0n) is 19.7. The molecule has 0 saturated heterocycles. The molecule has 32 heavy (non-hydrogen) atoms. The van der Waals surface area contributed by atoms with Crippen LogP contribution in [0.25, 0.3) is 11.0 Å². The maximum atomic E-state index is 13.1. The highest BCUT2D eigenvalue weighted by atomic mass is 16.1. The highest BCUT2D eigenvalue weighted by molar-refractivity contribution is 6.07. The first-order chi connectivity index (χ1) is 15.5. The number of nitrogens with zero attached hydrogens (tertiary/aromatic N) is 3. The summed E-state index contributed by atoms with van der Waals surface area (Å²) in [6, 6.07) is 11.9. The summed E-state index contributed by atoms with van der Waals surface area (Å²) < 4.78 is 0. The van der Waals surface area contributed by atoms with Gasteiger partial charge in [-0.1, -0.05) is 19.3 Å². The van der Waals surface area contributed by atoms with Gasteiger partial charge in [0.25, 0.3) is 5.91 Å². The molecule has 0 spiro atoms. The number of hydrogen-bond donors (Lipinski definition) is 2. The Morgan fingerprint density at radius 1 is 1.06 bits per heavy atom. The number of hydrogen-bond acceptors (Lipinski definition) is 4. The van der Waals surface area contributed by atoms with Gasteiger partial charge in [0.2, 0.25) is 0 Å². The summed E-state index contributed by atoms with van der Waals surface area (Å²) in [6.07, 6.45) is 6.29. The Labute approximate surface area is 191 Å². The molecule has 6 nitrogen and oxygen atoms in total. The van der Waals surface area contributed by atoms with Crippen molar-refractivity contribution in [3.63, 3.8) is 0 Å². The summed E-state index contributed by atoms with van der Waals surface area (Å²) in [5.41, 5.74) is 5.51. The molecule has 2 aromatic carbocycles. The van der Waals surface area contributed by atoms with E-state index in [9.17, 15) is 4.79 Å². The number of aromatic nitrogens is 2. The lowest BCUT2D eigenvalue weighted by Crippen LogP contribution is -2.24. The van der Waals surface area contributed by atoms with Gasteiger partial charge in [-0.2, -0.15) is 0 Å². The van der Waals surface area contributed by atoms with Gasteiger partial charge < -0.3 is 20.1 Å². The van der Waals surface area contributed by atoms with Gasteiger partial charge in [0.05, 0.1) is 22.4 Å². The molecular formula is C26H35N5O. The van der Waals surface area contributed by atoms with E-state index in [1.54, 1.807) is 0 Å². The van der Waals surface area contributed by atoms with Crippen LogP contribution >= 0.6 is 0 Å². The number of imidazole rings is 1. The third-order valence-electron chi connectivity index (χ3n) is 6.61. The van der Waals surface area contributed by atoms with Crippen LogP contribution in [0, 0.1) is 0 Å². The molecule has 1 aliphatic carbocycles. The Morgan fingerprint density at radius 3 is 2.38 bits per heavy atom. The molecule has 3 aromatic rings. The third kappa shape index (κ3) is 4.59. The second kappa shape index (κ2) is 9.63. The molecule has 1 aromatic heterocycles. The van der Waals surface area contributed by atoms with E-state index in [1.807, 2.05) is 43.3 Å². The average Bonchev–Trinajstić information content (AvgIpc) is 3.23. The highest BCUT2D eigenvalue weighted by Crippen LogP contribution is 2.35. The fourth-order valence-corrected chi connectivity index (χ4v) is 4.67. The summed E-state index contributed by atoms with van der Waals surface area (Å²) in [6.45, 7) is 6.00. The van der Waals surface area contributed by atoms with Crippen molar-refractivity contribution in [1.29, 1.82) is 0 Å². The molecule has 4 rings (SSSR count). The van der Waals surface area contributed by atoms with E-state index in [4.69, 9.17) is 4.98 Å². The summed E-state index contributed by atoms with van der Waals surface area (Å²) >= 11 is 0. The van der Waals surface area contributed by atoms with E-state index >= 15 is 0 Å². The van der Waals surface area contributed by atoms with Crippen molar-refractivity contribution in [2.24, 2.45) is 0 Å². The van der Waals surface area contributed by atoms with Crippen molar-refractivity contribution in [2.75, 3.05) is 42.3 Å². The number of H-pyrrole nitrogens is 1. The van der Waals surface area contributed by atoms with Gasteiger partial charge in [-0.3, -0.25) is 4.79 Å². The molecule has 2 N–H and O–H groups in total. The van der Waals surface area contributed by atoms with Crippen LogP contribution in [0.4, 0.5) is 17.1 Å². The van der Waals surface area contributed by atoms with Crippen LogP contribution in [0.3, 0.4) is 0 Å². The minimum atomic E-state index is -0.102. The Morgan fingerprint density at radius 2 is 1.75 bits per heavy atom. The number of rotatable bonds is 7. The molecule has 0 atom stereocenters. The lowest BCUT2D eigenvalue weighted by molar-refractivity contribution is 0.102. The molecule has 1 heterocycles. The molecule has 1 aliphatic rings. The molecule has 1 amide bonds. The average molecular weight is 434 g/mol. The standard InChI is InChI=1S/C26H35N5O/c1-5-31(6-2)24-17-22-21(27-25(28-22)18-10-8-7-9-11-18)16-23(24)29-26(32)19-12-14-20(15-13-19)30(3)4/h12-18H,5-11H2,1-4H3,(H,27,28)(H,29,32). The second-order valence-electron chi connectivity index (χ2n) is 8.91. The number of amides is 1. The monoisotopic (exact) mass is 433 g/mol. The van der Waals surface area contributed by atoms with Crippen molar-refractivity contribution in [3.05, 3.63) is 47.8 Å². The van der Waals surface area contributed by atoms with Crippen molar-refractivity contribution < 1.29 is 4.79 Å². The molecule has 0 radical (unpaired) electrons. The van der Waals surface area contributed by atoms with Gasteiger partial charge >= 0.3 is 0 Å². The van der Waals surface area contributed by atoms with Gasteiger partial charge in [0, 0.05) is 44.4 Å². The van der Waals surface area contributed by atoms with E-state index in [-0.39, 0.29) is 5.91 Å². The van der Waals surface area contributed by atoms with E-state index < -0.39 is 0 Å². The zero-order valence-corrected chi connectivity index (χ0v) is 19.7. The predicted molar refractivity (Wildman–Crippen MR) is 134 cm³/mol. The maximum Gasteiger partial charge on any atom is 0.255 e. The normalized spacial score (nSPS) is 14.5. The quantitative estimate of drug-likeness (QED) is 0.496. The van der Waals surface area contributed by atoms with Gasteiger partial charge in [0.15, 0.2) is 0 Å². The van der Waals surface area contributed by atoms with E-state index in [1.165, 1.54) is 32.1 Å². The van der Waals surface area contributed by atoms with Crippen LogP contribution < -0.4 is 15.1 Å². The van der Waals surface area contributed by atoms with Gasteiger partial charge in [-0.25, -0.2) is 4.98 Å². The summed E-state index contributed by atoms with van der Waals surface area (Å²) in [5, 5.41) is 3.16. The molecule has 0 unspecified atom stereocenters. The van der Waals surface area contributed by atoms with E-state index in [0.717, 1.165) is 47.0 Å². The number of nitrogens with one attached hydrogen (secondary N) is 2. The highest BCUT2D eigenvalue weighted by Gasteiger charge is 2.21. The second-order valence-corrected chi connectivity index (χ2v) is 8.91. The minimum Gasteiger partial charge on any atom is -0.378 e. The number of aromatic amines is 1. The van der Waals surface area contributed by atoms with Crippen LogP contribution in [0.2, 0.25) is 0 Å². The van der Waals surface area contributed by atoms with Crippen LogP contribution in [-0.4, -0.2) is 43.1 Å². The maximum absolute atomic E-state index is 13.1. The van der Waals surface area contributed by atoms with Crippen molar-refractivity contribution >= 4 is 34.0 Å². The lowest BCUT2D eigenvalue weighted by atomic mass is 9.89. The summed E-state index contributed by atoms with van der Waals surface area (Å²) in [5.74, 6) is 1.50. The van der Waals surface area contributed by atoms with Crippen LogP contribution in [-0.2, 0) is 0 Å². The molecule has 170 valence electrons. The summed E-state index contributed by atoms with van der Waals surface area (Å²) in [7, 11) is 3.99. The Balaban J connectivity index is 1.67. The fourth-order valence-electron chi connectivity index (χ4n) is 4.67. The molecule has 1 saturated carbocycles. The summed E-state index contributed by atoms with van der Waals surface area (Å²) in [4.78, 5) is 25.9. The van der Waals surface area contributed by atoms with E-state index in [0.29, 0.717) is 11.5 Å². The first-order valence-electron chi connectivity index (χ1n) is 11.9. The number of fused-ring (bicyclic) bond motifs is 1. The first-order valence-corrected chi connectivity index (χ1v) is 11.9. The van der Waals surface area contributed by atoms with Crippen LogP contribution in [0.5, 0.6) is 0 Å². The molecule has 0 aliphatic heterocycles. The topological polar surface area (TPSA) is 64.3 Å². The van der Waals surface area contributed by atoms with Crippen molar-refractivity contribution in [2.45, 2.75) is 51.9 Å². The Hall–Kier alpha value is -3.02. The molecule has 1 fully saturated rings. The first kappa shape index (κ1) is 22.2. The smallest absolute Gasteiger partial charge is 0.255 e. The zero-order chi connectivity index (χ0) is 22.7. The number of carbonyl (C=O) groups excluding carboxylic acids is 1. The Kier molecular flexibility index (Phi) is 6.68. The molecule has 6 heteroatoms. The fraction of sp³-hybridized carbons (Fsp3) is 0.462. The van der Waals surface area contributed by atoms with E-state index in [2.05, 4.69) is 41.2 Å². The predicted octanol–water partition coefficient (Wildman–Crippen LogP) is 5.78. The number of anilines is 3. The number of carbonyl (C=O) groups is 1. The minimum absolute atomic E-state index is 0.102. The van der Waals surface area contributed by atoms with Gasteiger partial charge in [-0.05, 0) is 63.1 Å².